The van der Waals surface area contributed by atoms with E-state index in [-0.39, 0.29) is 16.9 Å². The van der Waals surface area contributed by atoms with Crippen molar-refractivity contribution in [1.29, 1.82) is 0 Å². The molecule has 98 valence electrons. The smallest absolute Gasteiger partial charge is 0.196 e. The van der Waals surface area contributed by atoms with Gasteiger partial charge in [0.05, 0.1) is 12.7 Å². The summed E-state index contributed by atoms with van der Waals surface area (Å²) in [5.74, 6) is -1.82. The van der Waals surface area contributed by atoms with Crippen LogP contribution in [0.5, 0.6) is 5.75 Å². The van der Waals surface area contributed by atoms with Crippen LogP contribution in [0, 0.1) is 18.6 Å². The highest BCUT2D eigenvalue weighted by atomic mass is 19.1. The molecule has 0 aromatic heterocycles. The van der Waals surface area contributed by atoms with Crippen LogP contribution in [0.15, 0.2) is 36.4 Å². The first-order chi connectivity index (χ1) is 9.04. The minimum atomic E-state index is -0.740. The molecular weight excluding hydrogens is 250 g/mol. The third kappa shape index (κ3) is 2.47. The molecule has 0 aliphatic rings. The summed E-state index contributed by atoms with van der Waals surface area (Å²) < 4.78 is 32.2. The summed E-state index contributed by atoms with van der Waals surface area (Å²) in [5, 5.41) is 0. The molecule has 0 heterocycles. The first-order valence-electron chi connectivity index (χ1n) is 5.68. The summed E-state index contributed by atoms with van der Waals surface area (Å²) in [5.41, 5.74) is 0.403. The number of aryl methyl sites for hydroxylation is 1. The van der Waals surface area contributed by atoms with Crippen LogP contribution in [-0.2, 0) is 0 Å². The molecule has 2 aromatic carbocycles. The highest BCUT2D eigenvalue weighted by molar-refractivity contribution is 6.09. The lowest BCUT2D eigenvalue weighted by Crippen LogP contribution is -2.06. The monoisotopic (exact) mass is 262 g/mol. The van der Waals surface area contributed by atoms with Gasteiger partial charge in [-0.1, -0.05) is 18.2 Å². The quantitative estimate of drug-likeness (QED) is 0.791. The van der Waals surface area contributed by atoms with Crippen LogP contribution < -0.4 is 4.74 Å². The Bertz CT molecular complexity index is 636. The van der Waals surface area contributed by atoms with E-state index in [1.165, 1.54) is 37.4 Å². The lowest BCUT2D eigenvalue weighted by molar-refractivity contribution is 0.103. The molecule has 4 heteroatoms. The van der Waals surface area contributed by atoms with Gasteiger partial charge in [0.1, 0.15) is 5.82 Å². The number of hydrogen-bond acceptors (Lipinski definition) is 2. The predicted molar refractivity (Wildman–Crippen MR) is 67.5 cm³/mol. The fourth-order valence-electron chi connectivity index (χ4n) is 1.73. The molecule has 0 spiro atoms. The molecule has 2 aromatic rings. The molecule has 0 atom stereocenters. The first-order valence-corrected chi connectivity index (χ1v) is 5.68. The molecule has 0 fully saturated rings. The van der Waals surface area contributed by atoms with E-state index in [0.717, 1.165) is 6.07 Å². The van der Waals surface area contributed by atoms with Gasteiger partial charge in [-0.05, 0) is 30.7 Å². The number of halogens is 2. The van der Waals surface area contributed by atoms with E-state index in [0.29, 0.717) is 5.56 Å². The van der Waals surface area contributed by atoms with Crippen molar-refractivity contribution in [2.24, 2.45) is 0 Å². The first kappa shape index (κ1) is 13.2. The summed E-state index contributed by atoms with van der Waals surface area (Å²) in [6.07, 6.45) is 0. The molecule has 0 unspecified atom stereocenters. The number of hydrogen-bond donors (Lipinski definition) is 0. The van der Waals surface area contributed by atoms with Crippen LogP contribution in [0.1, 0.15) is 21.5 Å². The SMILES string of the molecule is COc1cccc(C(=O)c2ccc(C)c(F)c2)c1F. The lowest BCUT2D eigenvalue weighted by Gasteiger charge is -2.07. The Hall–Kier alpha value is -2.23. The Labute approximate surface area is 109 Å². The molecule has 0 aliphatic carbocycles. The van der Waals surface area contributed by atoms with Crippen molar-refractivity contribution in [2.45, 2.75) is 6.92 Å². The third-order valence-electron chi connectivity index (χ3n) is 2.86. The van der Waals surface area contributed by atoms with Crippen molar-refractivity contribution in [3.05, 3.63) is 64.7 Å². The van der Waals surface area contributed by atoms with Crippen LogP contribution in [-0.4, -0.2) is 12.9 Å². The summed E-state index contributed by atoms with van der Waals surface area (Å²) in [7, 11) is 1.32. The van der Waals surface area contributed by atoms with Crippen molar-refractivity contribution in [3.63, 3.8) is 0 Å². The molecule has 0 radical (unpaired) electrons. The predicted octanol–water partition coefficient (Wildman–Crippen LogP) is 3.51. The number of carbonyl (C=O) groups is 1. The second-order valence-corrected chi connectivity index (χ2v) is 4.11. The highest BCUT2D eigenvalue weighted by Crippen LogP contribution is 2.23. The summed E-state index contributed by atoms with van der Waals surface area (Å²) in [6.45, 7) is 1.59. The van der Waals surface area contributed by atoms with Gasteiger partial charge in [0.2, 0.25) is 0 Å². The fourth-order valence-corrected chi connectivity index (χ4v) is 1.73. The standard InChI is InChI=1S/C15H12F2O2/c1-9-6-7-10(8-12(9)16)15(18)11-4-3-5-13(19-2)14(11)17/h3-8H,1-2H3. The van der Waals surface area contributed by atoms with E-state index in [9.17, 15) is 13.6 Å². The molecule has 19 heavy (non-hydrogen) atoms. The van der Waals surface area contributed by atoms with Crippen molar-refractivity contribution < 1.29 is 18.3 Å². The topological polar surface area (TPSA) is 26.3 Å². The zero-order valence-electron chi connectivity index (χ0n) is 10.5. The zero-order chi connectivity index (χ0) is 14.0. The normalized spacial score (nSPS) is 10.3. The fraction of sp³-hybridized carbons (Fsp3) is 0.133. The Morgan fingerprint density at radius 1 is 1.16 bits per heavy atom. The van der Waals surface area contributed by atoms with E-state index in [1.54, 1.807) is 6.92 Å². The van der Waals surface area contributed by atoms with Gasteiger partial charge in [0.25, 0.3) is 0 Å². The Kier molecular flexibility index (Phi) is 3.60. The average Bonchev–Trinajstić information content (AvgIpc) is 2.41. The lowest BCUT2D eigenvalue weighted by atomic mass is 10.0. The Morgan fingerprint density at radius 2 is 1.89 bits per heavy atom. The highest BCUT2D eigenvalue weighted by Gasteiger charge is 2.17. The van der Waals surface area contributed by atoms with Gasteiger partial charge < -0.3 is 4.74 Å². The van der Waals surface area contributed by atoms with E-state index >= 15 is 0 Å². The third-order valence-corrected chi connectivity index (χ3v) is 2.86. The van der Waals surface area contributed by atoms with Gasteiger partial charge in [0.15, 0.2) is 17.3 Å². The number of ketones is 1. The van der Waals surface area contributed by atoms with E-state index in [4.69, 9.17) is 4.74 Å². The van der Waals surface area contributed by atoms with E-state index in [2.05, 4.69) is 0 Å². The summed E-state index contributed by atoms with van der Waals surface area (Å²) in [4.78, 5) is 12.1. The number of carbonyl (C=O) groups excluding carboxylic acids is 1. The molecule has 0 amide bonds. The zero-order valence-corrected chi connectivity index (χ0v) is 10.5. The minimum Gasteiger partial charge on any atom is -0.494 e. The van der Waals surface area contributed by atoms with Crippen LogP contribution in [0.3, 0.4) is 0 Å². The summed E-state index contributed by atoms with van der Waals surface area (Å²) in [6, 6.07) is 8.34. The molecule has 0 bridgehead atoms. The van der Waals surface area contributed by atoms with Crippen molar-refractivity contribution in [2.75, 3.05) is 7.11 Å². The van der Waals surface area contributed by atoms with Crippen LogP contribution in [0.4, 0.5) is 8.78 Å². The molecule has 0 aliphatic heterocycles. The van der Waals surface area contributed by atoms with Gasteiger partial charge >= 0.3 is 0 Å². The number of methoxy groups -OCH3 is 1. The van der Waals surface area contributed by atoms with Crippen LogP contribution >= 0.6 is 0 Å². The number of ether oxygens (including phenoxy) is 1. The Morgan fingerprint density at radius 3 is 2.53 bits per heavy atom. The molecule has 0 saturated carbocycles. The minimum absolute atomic E-state index is 0.0153. The molecule has 2 nitrogen and oxygen atoms in total. The molecule has 2 rings (SSSR count). The van der Waals surface area contributed by atoms with Gasteiger partial charge in [-0.15, -0.1) is 0 Å². The van der Waals surface area contributed by atoms with Gasteiger partial charge in [-0.2, -0.15) is 0 Å². The molecular formula is C15H12F2O2. The molecule has 0 N–H and O–H groups in total. The van der Waals surface area contributed by atoms with Gasteiger partial charge in [-0.3, -0.25) is 4.79 Å². The largest absolute Gasteiger partial charge is 0.494 e. The number of benzene rings is 2. The van der Waals surface area contributed by atoms with Gasteiger partial charge in [0, 0.05) is 5.56 Å². The van der Waals surface area contributed by atoms with Crippen molar-refractivity contribution >= 4 is 5.78 Å². The van der Waals surface area contributed by atoms with Crippen LogP contribution in [0.2, 0.25) is 0 Å². The number of rotatable bonds is 3. The van der Waals surface area contributed by atoms with Gasteiger partial charge in [-0.25, -0.2) is 8.78 Å². The Balaban J connectivity index is 2.47. The average molecular weight is 262 g/mol. The molecule has 0 saturated heterocycles. The maximum absolute atomic E-state index is 13.9. The maximum atomic E-state index is 13.9. The van der Waals surface area contributed by atoms with E-state index < -0.39 is 17.4 Å². The van der Waals surface area contributed by atoms with Crippen molar-refractivity contribution in [1.82, 2.24) is 0 Å². The van der Waals surface area contributed by atoms with Crippen molar-refractivity contribution in [3.8, 4) is 5.75 Å². The summed E-state index contributed by atoms with van der Waals surface area (Å²) >= 11 is 0. The second kappa shape index (κ2) is 5.18. The second-order valence-electron chi connectivity index (χ2n) is 4.11. The van der Waals surface area contributed by atoms with E-state index in [1.807, 2.05) is 0 Å². The maximum Gasteiger partial charge on any atom is 0.196 e. The van der Waals surface area contributed by atoms with Crippen LogP contribution in [0.25, 0.3) is 0 Å².